The van der Waals surface area contributed by atoms with Crippen molar-refractivity contribution in [3.8, 4) is 17.6 Å². The van der Waals surface area contributed by atoms with Crippen LogP contribution in [0.2, 0.25) is 0 Å². The molecule has 2 N–H and O–H groups in total. The Balaban J connectivity index is 2.17. The van der Waals surface area contributed by atoms with Gasteiger partial charge in [-0.1, -0.05) is 36.1 Å². The fraction of sp³-hybridized carbons (Fsp3) is 0.125. The minimum Gasteiger partial charge on any atom is -0.486 e. The van der Waals surface area contributed by atoms with Crippen LogP contribution in [0.15, 0.2) is 42.5 Å². The summed E-state index contributed by atoms with van der Waals surface area (Å²) in [4.78, 5) is 0. The number of benzene rings is 2. The summed E-state index contributed by atoms with van der Waals surface area (Å²) in [7, 11) is 0. The average Bonchev–Trinajstić information content (AvgIpc) is 2.47. The molecule has 0 saturated heterocycles. The Morgan fingerprint density at radius 3 is 2.65 bits per heavy atom. The lowest BCUT2D eigenvalue weighted by Crippen LogP contribution is -2.01. The third kappa shape index (κ3) is 3.34. The third-order valence-electron chi connectivity index (χ3n) is 2.64. The fourth-order valence-electron chi connectivity index (χ4n) is 1.67. The summed E-state index contributed by atoms with van der Waals surface area (Å²) < 4.78 is 31.8. The van der Waals surface area contributed by atoms with Crippen LogP contribution in [0.4, 0.5) is 8.78 Å². The Hall–Kier alpha value is -2.38. The molecule has 0 saturated carbocycles. The van der Waals surface area contributed by atoms with E-state index < -0.39 is 11.6 Å². The summed E-state index contributed by atoms with van der Waals surface area (Å²) in [5.41, 5.74) is 6.88. The molecule has 20 heavy (non-hydrogen) atoms. The third-order valence-corrected chi connectivity index (χ3v) is 2.64. The largest absolute Gasteiger partial charge is 0.486 e. The lowest BCUT2D eigenvalue weighted by Gasteiger charge is -2.09. The summed E-state index contributed by atoms with van der Waals surface area (Å²) in [6, 6.07) is 11.1. The smallest absolute Gasteiger partial charge is 0.200 e. The second-order valence-electron chi connectivity index (χ2n) is 4.00. The first-order chi connectivity index (χ1) is 9.72. The van der Waals surface area contributed by atoms with E-state index in [1.165, 1.54) is 12.1 Å². The molecule has 0 heterocycles. The van der Waals surface area contributed by atoms with Gasteiger partial charge in [0.25, 0.3) is 0 Å². The lowest BCUT2D eigenvalue weighted by molar-refractivity contribution is 0.284. The molecule has 0 aromatic heterocycles. The van der Waals surface area contributed by atoms with Crippen molar-refractivity contribution in [3.05, 3.63) is 65.2 Å². The monoisotopic (exact) mass is 273 g/mol. The van der Waals surface area contributed by atoms with Gasteiger partial charge in [-0.3, -0.25) is 0 Å². The van der Waals surface area contributed by atoms with E-state index in [0.29, 0.717) is 0 Å². The van der Waals surface area contributed by atoms with Crippen LogP contribution >= 0.6 is 0 Å². The summed E-state index contributed by atoms with van der Waals surface area (Å²) >= 11 is 0. The predicted molar refractivity (Wildman–Crippen MR) is 73.1 cm³/mol. The van der Waals surface area contributed by atoms with Crippen molar-refractivity contribution in [2.45, 2.75) is 6.61 Å². The fourth-order valence-corrected chi connectivity index (χ4v) is 1.67. The first kappa shape index (κ1) is 14.0. The van der Waals surface area contributed by atoms with Gasteiger partial charge < -0.3 is 10.5 Å². The number of ether oxygens (including phenoxy) is 1. The maximum Gasteiger partial charge on any atom is 0.200 e. The van der Waals surface area contributed by atoms with Crippen molar-refractivity contribution in [2.24, 2.45) is 5.73 Å². The van der Waals surface area contributed by atoms with Crippen molar-refractivity contribution in [1.29, 1.82) is 0 Å². The lowest BCUT2D eigenvalue weighted by atomic mass is 10.1. The van der Waals surface area contributed by atoms with Crippen molar-refractivity contribution < 1.29 is 13.5 Å². The zero-order valence-corrected chi connectivity index (χ0v) is 10.7. The van der Waals surface area contributed by atoms with E-state index in [9.17, 15) is 8.78 Å². The van der Waals surface area contributed by atoms with Crippen molar-refractivity contribution >= 4 is 0 Å². The van der Waals surface area contributed by atoms with Gasteiger partial charge in [-0.05, 0) is 18.2 Å². The minimum absolute atomic E-state index is 0.107. The molecule has 4 heteroatoms. The number of halogens is 2. The van der Waals surface area contributed by atoms with Gasteiger partial charge in [0.05, 0.1) is 6.54 Å². The first-order valence-electron chi connectivity index (χ1n) is 6.06. The average molecular weight is 273 g/mol. The van der Waals surface area contributed by atoms with Crippen LogP contribution in [-0.4, -0.2) is 6.54 Å². The Labute approximate surface area is 116 Å². The second-order valence-corrected chi connectivity index (χ2v) is 4.00. The number of hydrogen-bond donors (Lipinski definition) is 1. The Bertz CT molecular complexity index is 659. The van der Waals surface area contributed by atoms with E-state index >= 15 is 0 Å². The van der Waals surface area contributed by atoms with Gasteiger partial charge >= 0.3 is 0 Å². The number of hydrogen-bond acceptors (Lipinski definition) is 2. The SMILES string of the molecule is NCC#Cc1ccccc1COc1cccc(F)c1F. The van der Waals surface area contributed by atoms with Crippen LogP contribution < -0.4 is 10.5 Å². The van der Waals surface area contributed by atoms with Crippen LogP contribution in [0.25, 0.3) is 0 Å². The molecule has 2 aromatic carbocycles. The number of rotatable bonds is 3. The van der Waals surface area contributed by atoms with E-state index in [1.54, 1.807) is 0 Å². The summed E-state index contributed by atoms with van der Waals surface area (Å²) in [6.45, 7) is 0.365. The minimum atomic E-state index is -0.988. The van der Waals surface area contributed by atoms with Crippen LogP contribution in [-0.2, 0) is 6.61 Å². The van der Waals surface area contributed by atoms with Gasteiger partial charge in [0, 0.05) is 11.1 Å². The molecular formula is C16H13F2NO. The number of nitrogens with two attached hydrogens (primary N) is 1. The maximum absolute atomic E-state index is 13.5. The molecule has 0 fully saturated rings. The predicted octanol–water partition coefficient (Wildman–Crippen LogP) is 2.85. The molecular weight excluding hydrogens is 260 g/mol. The highest BCUT2D eigenvalue weighted by Gasteiger charge is 2.09. The quantitative estimate of drug-likeness (QED) is 0.873. The molecule has 0 aliphatic heterocycles. The van der Waals surface area contributed by atoms with Gasteiger partial charge in [0.2, 0.25) is 5.82 Å². The molecule has 0 radical (unpaired) electrons. The van der Waals surface area contributed by atoms with E-state index in [4.69, 9.17) is 10.5 Å². The molecule has 0 aliphatic carbocycles. The molecule has 2 aromatic rings. The van der Waals surface area contributed by atoms with Crippen molar-refractivity contribution in [1.82, 2.24) is 0 Å². The van der Waals surface area contributed by atoms with Gasteiger partial charge in [-0.2, -0.15) is 4.39 Å². The summed E-state index contributed by atoms with van der Waals surface area (Å²) in [6.07, 6.45) is 0. The van der Waals surface area contributed by atoms with Crippen molar-refractivity contribution in [2.75, 3.05) is 6.54 Å². The van der Waals surface area contributed by atoms with E-state index in [0.717, 1.165) is 17.2 Å². The molecule has 2 nitrogen and oxygen atoms in total. The molecule has 0 amide bonds. The summed E-state index contributed by atoms with van der Waals surface area (Å²) in [5, 5.41) is 0. The Morgan fingerprint density at radius 1 is 1.05 bits per heavy atom. The zero-order chi connectivity index (χ0) is 14.4. The topological polar surface area (TPSA) is 35.2 Å². The maximum atomic E-state index is 13.5. The van der Waals surface area contributed by atoms with Crippen LogP contribution in [0, 0.1) is 23.5 Å². The molecule has 0 spiro atoms. The molecule has 0 atom stereocenters. The molecule has 0 bridgehead atoms. The summed E-state index contributed by atoms with van der Waals surface area (Å²) in [5.74, 6) is 3.63. The molecule has 2 rings (SSSR count). The molecule has 102 valence electrons. The van der Waals surface area contributed by atoms with Crippen LogP contribution in [0.1, 0.15) is 11.1 Å². The Kier molecular flexibility index (Phi) is 4.70. The highest BCUT2D eigenvalue weighted by molar-refractivity contribution is 5.41. The Morgan fingerprint density at radius 2 is 1.85 bits per heavy atom. The van der Waals surface area contributed by atoms with E-state index in [2.05, 4.69) is 11.8 Å². The molecule has 0 unspecified atom stereocenters. The van der Waals surface area contributed by atoms with Crippen molar-refractivity contribution in [3.63, 3.8) is 0 Å². The van der Waals surface area contributed by atoms with Gasteiger partial charge in [-0.15, -0.1) is 0 Å². The van der Waals surface area contributed by atoms with Gasteiger partial charge in [-0.25, -0.2) is 4.39 Å². The first-order valence-corrected chi connectivity index (χ1v) is 6.06. The standard InChI is InChI=1S/C16H13F2NO/c17-14-8-3-9-15(16(14)18)20-11-13-6-2-1-5-12(13)7-4-10-19/h1-3,5-6,8-9H,10-11,19H2. The van der Waals surface area contributed by atoms with Crippen LogP contribution in [0.3, 0.4) is 0 Å². The second kappa shape index (κ2) is 6.69. The van der Waals surface area contributed by atoms with Gasteiger partial charge in [0.15, 0.2) is 11.6 Å². The highest BCUT2D eigenvalue weighted by Crippen LogP contribution is 2.21. The molecule has 0 aliphatic rings. The van der Waals surface area contributed by atoms with E-state index in [1.807, 2.05) is 24.3 Å². The highest BCUT2D eigenvalue weighted by atomic mass is 19.2. The van der Waals surface area contributed by atoms with Crippen LogP contribution in [0.5, 0.6) is 5.75 Å². The van der Waals surface area contributed by atoms with Gasteiger partial charge in [0.1, 0.15) is 6.61 Å². The zero-order valence-electron chi connectivity index (χ0n) is 10.7. The van der Waals surface area contributed by atoms with E-state index in [-0.39, 0.29) is 18.9 Å². The normalized spacial score (nSPS) is 9.75.